The Kier molecular flexibility index (Phi) is 2.08. The van der Waals surface area contributed by atoms with E-state index in [1.807, 2.05) is 37.3 Å². The summed E-state index contributed by atoms with van der Waals surface area (Å²) in [6.45, 7) is 1.88. The SMILES string of the molecule is Cc1c(O)cc2n[nH]nc2c1-c1ccccc1. The predicted molar refractivity (Wildman–Crippen MR) is 65.7 cm³/mol. The quantitative estimate of drug-likeness (QED) is 0.669. The van der Waals surface area contributed by atoms with Gasteiger partial charge in [0.05, 0.1) is 0 Å². The fourth-order valence-electron chi connectivity index (χ4n) is 2.03. The zero-order valence-electron chi connectivity index (χ0n) is 9.31. The molecule has 3 rings (SSSR count). The number of H-pyrrole nitrogens is 1. The maximum Gasteiger partial charge on any atom is 0.121 e. The van der Waals surface area contributed by atoms with Crippen LogP contribution in [0.4, 0.5) is 0 Å². The van der Waals surface area contributed by atoms with Crippen molar-refractivity contribution >= 4 is 11.0 Å². The molecule has 0 aliphatic carbocycles. The van der Waals surface area contributed by atoms with Gasteiger partial charge in [-0.1, -0.05) is 30.3 Å². The van der Waals surface area contributed by atoms with Gasteiger partial charge in [-0.2, -0.15) is 15.4 Å². The van der Waals surface area contributed by atoms with Crippen molar-refractivity contribution in [3.8, 4) is 16.9 Å². The summed E-state index contributed by atoms with van der Waals surface area (Å²) >= 11 is 0. The van der Waals surface area contributed by atoms with Gasteiger partial charge in [-0.25, -0.2) is 0 Å². The molecule has 4 nitrogen and oxygen atoms in total. The number of rotatable bonds is 1. The number of aromatic hydroxyl groups is 1. The topological polar surface area (TPSA) is 61.8 Å². The second-order valence-electron chi connectivity index (χ2n) is 3.95. The van der Waals surface area contributed by atoms with Crippen molar-refractivity contribution in [3.05, 3.63) is 42.0 Å². The molecule has 0 fully saturated rings. The Balaban J connectivity index is 2.42. The maximum absolute atomic E-state index is 9.90. The van der Waals surface area contributed by atoms with Crippen molar-refractivity contribution in [3.63, 3.8) is 0 Å². The lowest BCUT2D eigenvalue weighted by Crippen LogP contribution is -1.87. The van der Waals surface area contributed by atoms with E-state index in [-0.39, 0.29) is 5.75 Å². The zero-order valence-corrected chi connectivity index (χ0v) is 9.31. The van der Waals surface area contributed by atoms with Gasteiger partial charge in [0.2, 0.25) is 0 Å². The van der Waals surface area contributed by atoms with E-state index in [0.29, 0.717) is 5.52 Å². The van der Waals surface area contributed by atoms with Crippen LogP contribution < -0.4 is 0 Å². The summed E-state index contributed by atoms with van der Waals surface area (Å²) in [6.07, 6.45) is 0. The van der Waals surface area contributed by atoms with Crippen LogP contribution in [0.1, 0.15) is 5.56 Å². The number of phenols is 1. The van der Waals surface area contributed by atoms with E-state index in [4.69, 9.17) is 0 Å². The second kappa shape index (κ2) is 3.59. The van der Waals surface area contributed by atoms with Crippen LogP contribution in [0.15, 0.2) is 36.4 Å². The Hall–Kier alpha value is -2.36. The summed E-state index contributed by atoms with van der Waals surface area (Å²) in [5, 5.41) is 20.6. The molecule has 0 saturated carbocycles. The van der Waals surface area contributed by atoms with Gasteiger partial charge < -0.3 is 5.11 Å². The molecule has 0 atom stereocenters. The second-order valence-corrected chi connectivity index (χ2v) is 3.95. The molecule has 0 saturated heterocycles. The number of fused-ring (bicyclic) bond motifs is 1. The fourth-order valence-corrected chi connectivity index (χ4v) is 2.03. The van der Waals surface area contributed by atoms with E-state index in [2.05, 4.69) is 15.4 Å². The molecular weight excluding hydrogens is 214 g/mol. The summed E-state index contributed by atoms with van der Waals surface area (Å²) in [5.74, 6) is 0.241. The van der Waals surface area contributed by atoms with Crippen LogP contribution in [0.5, 0.6) is 5.75 Å². The van der Waals surface area contributed by atoms with Crippen molar-refractivity contribution in [1.29, 1.82) is 0 Å². The third-order valence-corrected chi connectivity index (χ3v) is 2.91. The maximum atomic E-state index is 9.90. The van der Waals surface area contributed by atoms with Crippen LogP contribution in [0.25, 0.3) is 22.2 Å². The van der Waals surface area contributed by atoms with Crippen molar-refractivity contribution in [1.82, 2.24) is 15.4 Å². The van der Waals surface area contributed by atoms with Crippen LogP contribution >= 0.6 is 0 Å². The highest BCUT2D eigenvalue weighted by atomic mass is 16.3. The molecule has 84 valence electrons. The standard InChI is InChI=1S/C13H11N3O/c1-8-11(17)7-10-13(15-16-14-10)12(8)9-5-3-2-4-6-9/h2-7,17H,1H3,(H,14,15,16). The number of hydrogen-bond donors (Lipinski definition) is 2. The molecule has 2 N–H and O–H groups in total. The predicted octanol–water partition coefficient (Wildman–Crippen LogP) is 2.64. The molecule has 0 aliphatic heterocycles. The Morgan fingerprint density at radius 2 is 1.88 bits per heavy atom. The minimum atomic E-state index is 0.241. The van der Waals surface area contributed by atoms with Crippen molar-refractivity contribution < 1.29 is 5.11 Å². The summed E-state index contributed by atoms with van der Waals surface area (Å²) in [5.41, 5.74) is 4.23. The zero-order chi connectivity index (χ0) is 11.8. The molecule has 17 heavy (non-hydrogen) atoms. The fraction of sp³-hybridized carbons (Fsp3) is 0.0769. The normalized spacial score (nSPS) is 10.9. The van der Waals surface area contributed by atoms with Gasteiger partial charge in [-0.3, -0.25) is 0 Å². The van der Waals surface area contributed by atoms with E-state index in [0.717, 1.165) is 22.2 Å². The third-order valence-electron chi connectivity index (χ3n) is 2.91. The highest BCUT2D eigenvalue weighted by molar-refractivity contribution is 5.94. The molecule has 1 aromatic heterocycles. The van der Waals surface area contributed by atoms with Gasteiger partial charge in [0.15, 0.2) is 0 Å². The van der Waals surface area contributed by atoms with E-state index in [9.17, 15) is 5.11 Å². The Labute approximate surface area is 97.9 Å². The highest BCUT2D eigenvalue weighted by Crippen LogP contribution is 2.34. The molecule has 1 heterocycles. The first kappa shape index (κ1) is 9.84. The first-order valence-corrected chi connectivity index (χ1v) is 5.36. The van der Waals surface area contributed by atoms with Gasteiger partial charge in [0.25, 0.3) is 0 Å². The van der Waals surface area contributed by atoms with Crippen molar-refractivity contribution in [2.24, 2.45) is 0 Å². The average molecular weight is 225 g/mol. The van der Waals surface area contributed by atoms with E-state index in [1.165, 1.54) is 0 Å². The number of aromatic amines is 1. The first-order chi connectivity index (χ1) is 8.27. The molecule has 0 unspecified atom stereocenters. The molecule has 3 aromatic rings. The molecule has 4 heteroatoms. The summed E-state index contributed by atoms with van der Waals surface area (Å²) in [7, 11) is 0. The van der Waals surface area contributed by atoms with Crippen LogP contribution in [0.3, 0.4) is 0 Å². The molecule has 0 spiro atoms. The van der Waals surface area contributed by atoms with E-state index in [1.54, 1.807) is 6.07 Å². The largest absolute Gasteiger partial charge is 0.508 e. The molecule has 0 bridgehead atoms. The average Bonchev–Trinajstić information content (AvgIpc) is 2.79. The van der Waals surface area contributed by atoms with Crippen LogP contribution in [0.2, 0.25) is 0 Å². The van der Waals surface area contributed by atoms with Crippen molar-refractivity contribution in [2.75, 3.05) is 0 Å². The summed E-state index contributed by atoms with van der Waals surface area (Å²) in [4.78, 5) is 0. The number of nitrogens with one attached hydrogen (secondary N) is 1. The molecular formula is C13H11N3O. The summed E-state index contributed by atoms with van der Waals surface area (Å²) in [6, 6.07) is 11.5. The van der Waals surface area contributed by atoms with E-state index < -0.39 is 0 Å². The molecule has 2 aromatic carbocycles. The smallest absolute Gasteiger partial charge is 0.121 e. The number of phenolic OH excluding ortho intramolecular Hbond substituents is 1. The van der Waals surface area contributed by atoms with Gasteiger partial charge >= 0.3 is 0 Å². The van der Waals surface area contributed by atoms with Crippen LogP contribution in [0, 0.1) is 6.92 Å². The first-order valence-electron chi connectivity index (χ1n) is 5.36. The number of benzene rings is 2. The Bertz CT molecular complexity index is 674. The lowest BCUT2D eigenvalue weighted by Gasteiger charge is -2.08. The van der Waals surface area contributed by atoms with Gasteiger partial charge in [-0.05, 0) is 12.5 Å². The number of nitrogens with zero attached hydrogens (tertiary/aromatic N) is 2. The molecule has 0 aliphatic rings. The number of aromatic nitrogens is 3. The van der Waals surface area contributed by atoms with Gasteiger partial charge in [0.1, 0.15) is 16.8 Å². The molecule has 0 amide bonds. The van der Waals surface area contributed by atoms with Crippen LogP contribution in [-0.2, 0) is 0 Å². The minimum Gasteiger partial charge on any atom is -0.508 e. The minimum absolute atomic E-state index is 0.241. The summed E-state index contributed by atoms with van der Waals surface area (Å²) < 4.78 is 0. The highest BCUT2D eigenvalue weighted by Gasteiger charge is 2.13. The van der Waals surface area contributed by atoms with Gasteiger partial charge in [0, 0.05) is 17.2 Å². The molecule has 0 radical (unpaired) electrons. The Morgan fingerprint density at radius 3 is 2.65 bits per heavy atom. The lowest BCUT2D eigenvalue weighted by molar-refractivity contribution is 0.472. The monoisotopic (exact) mass is 225 g/mol. The third kappa shape index (κ3) is 1.45. The van der Waals surface area contributed by atoms with Crippen molar-refractivity contribution in [2.45, 2.75) is 6.92 Å². The lowest BCUT2D eigenvalue weighted by atomic mass is 9.98. The van der Waals surface area contributed by atoms with E-state index >= 15 is 0 Å². The van der Waals surface area contributed by atoms with Crippen LogP contribution in [-0.4, -0.2) is 20.5 Å². The number of hydrogen-bond acceptors (Lipinski definition) is 3. The van der Waals surface area contributed by atoms with Gasteiger partial charge in [-0.15, -0.1) is 0 Å². The Morgan fingerprint density at radius 1 is 1.12 bits per heavy atom.